The zero-order chi connectivity index (χ0) is 34.2. The van der Waals surface area contributed by atoms with Crippen molar-refractivity contribution in [3.63, 3.8) is 0 Å². The Bertz CT molecular complexity index is 891. The van der Waals surface area contributed by atoms with E-state index in [2.05, 4.69) is 55.4 Å². The van der Waals surface area contributed by atoms with Crippen molar-refractivity contribution >= 4 is 11.9 Å². The van der Waals surface area contributed by atoms with Crippen LogP contribution in [0.15, 0.2) is 0 Å². The molecule has 3 rings (SSSR count). The molecular weight excluding hydrogens is 566 g/mol. The monoisotopic (exact) mass is 638 g/mol. The van der Waals surface area contributed by atoms with Crippen molar-refractivity contribution in [1.29, 1.82) is 0 Å². The van der Waals surface area contributed by atoms with Gasteiger partial charge in [-0.25, -0.2) is 0 Å². The zero-order valence-electron chi connectivity index (χ0n) is 31.2. The van der Waals surface area contributed by atoms with Crippen LogP contribution in [0, 0.1) is 39.9 Å². The topological polar surface area (TPSA) is 97.1 Å². The lowest BCUT2D eigenvalue weighted by atomic mass is 9.72. The summed E-state index contributed by atoms with van der Waals surface area (Å²) in [5.41, 5.74) is 5.62. The lowest BCUT2D eigenvalue weighted by Crippen LogP contribution is -2.45. The Morgan fingerprint density at radius 1 is 0.756 bits per heavy atom. The molecular formula is C38H71NO6. The normalized spacial score (nSPS) is 25.2. The van der Waals surface area contributed by atoms with E-state index >= 15 is 0 Å². The molecule has 0 saturated heterocycles. The Morgan fingerprint density at radius 3 is 1.80 bits per heavy atom. The van der Waals surface area contributed by atoms with Gasteiger partial charge in [0.05, 0.1) is 18.1 Å². The molecule has 7 nitrogen and oxygen atoms in total. The number of carbonyl (C=O) groups excluding carboxylic acids is 2. The van der Waals surface area contributed by atoms with Gasteiger partial charge < -0.3 is 24.7 Å². The number of nitrogens with two attached hydrogens (primary N) is 1. The van der Waals surface area contributed by atoms with Crippen molar-refractivity contribution in [2.45, 2.75) is 191 Å². The van der Waals surface area contributed by atoms with Crippen LogP contribution in [0.3, 0.4) is 0 Å². The lowest BCUT2D eigenvalue weighted by Gasteiger charge is -2.35. The van der Waals surface area contributed by atoms with Crippen LogP contribution in [-0.2, 0) is 28.5 Å². The molecule has 3 saturated carbocycles. The van der Waals surface area contributed by atoms with Crippen molar-refractivity contribution in [1.82, 2.24) is 0 Å². The number of fused-ring (bicyclic) bond motifs is 2. The van der Waals surface area contributed by atoms with Crippen molar-refractivity contribution < 1.29 is 28.5 Å². The van der Waals surface area contributed by atoms with E-state index in [1.165, 1.54) is 38.5 Å². The van der Waals surface area contributed by atoms with E-state index in [9.17, 15) is 9.59 Å². The molecule has 0 aromatic rings. The van der Waals surface area contributed by atoms with E-state index < -0.39 is 18.6 Å². The van der Waals surface area contributed by atoms with Crippen LogP contribution >= 0.6 is 0 Å². The van der Waals surface area contributed by atoms with Gasteiger partial charge in [0, 0.05) is 12.8 Å². The smallest absolute Gasteiger partial charge is 0.325 e. The molecule has 3 aliphatic carbocycles. The van der Waals surface area contributed by atoms with Gasteiger partial charge >= 0.3 is 11.9 Å². The average molecular weight is 638 g/mol. The first-order chi connectivity index (χ1) is 20.7. The van der Waals surface area contributed by atoms with Crippen LogP contribution in [0.4, 0.5) is 0 Å². The van der Waals surface area contributed by atoms with E-state index in [-0.39, 0.29) is 46.3 Å². The van der Waals surface area contributed by atoms with Crippen LogP contribution < -0.4 is 5.73 Å². The van der Waals surface area contributed by atoms with Crippen LogP contribution in [0.2, 0.25) is 0 Å². The number of carbonyl (C=O) groups is 2. The summed E-state index contributed by atoms with van der Waals surface area (Å²) in [7, 11) is 0. The van der Waals surface area contributed by atoms with Gasteiger partial charge in [-0.2, -0.15) is 0 Å². The van der Waals surface area contributed by atoms with Crippen molar-refractivity contribution in [2.24, 2.45) is 45.7 Å². The fraction of sp³-hybridized carbons (Fsp3) is 0.947. The predicted molar refractivity (Wildman–Crippen MR) is 182 cm³/mol. The summed E-state index contributed by atoms with van der Waals surface area (Å²) in [6.07, 6.45) is 12.9. The highest BCUT2D eigenvalue weighted by atomic mass is 16.7. The highest BCUT2D eigenvalue weighted by Gasteiger charge is 2.42. The quantitative estimate of drug-likeness (QED) is 0.168. The van der Waals surface area contributed by atoms with Gasteiger partial charge in [0.1, 0.15) is 6.04 Å². The molecule has 2 N–H and O–H groups in total. The van der Waals surface area contributed by atoms with Gasteiger partial charge in [-0.05, 0) is 78.9 Å². The summed E-state index contributed by atoms with van der Waals surface area (Å²) in [4.78, 5) is 25.1. The van der Waals surface area contributed by atoms with E-state index in [1.54, 1.807) is 0 Å². The first kappa shape index (κ1) is 40.0. The minimum Gasteiger partial charge on any atom is -0.436 e. The average Bonchev–Trinajstić information content (AvgIpc) is 3.53. The first-order valence-electron chi connectivity index (χ1n) is 18.2. The molecule has 7 unspecified atom stereocenters. The number of ether oxygens (including phenoxy) is 4. The molecule has 0 heterocycles. The summed E-state index contributed by atoms with van der Waals surface area (Å²) in [5.74, 6) is 1.38. The Hall–Kier alpha value is -1.18. The van der Waals surface area contributed by atoms with Gasteiger partial charge in [-0.1, -0.05) is 102 Å². The fourth-order valence-corrected chi connectivity index (χ4v) is 6.81. The van der Waals surface area contributed by atoms with Gasteiger partial charge in [0.2, 0.25) is 12.6 Å². The summed E-state index contributed by atoms with van der Waals surface area (Å²) >= 11 is 0. The molecule has 7 atom stereocenters. The molecule has 0 aliphatic heterocycles. The van der Waals surface area contributed by atoms with Gasteiger partial charge in [0.15, 0.2) is 0 Å². The molecule has 0 aromatic carbocycles. The van der Waals surface area contributed by atoms with E-state index in [0.717, 1.165) is 38.0 Å². The maximum atomic E-state index is 13.0. The molecule has 2 bridgehead atoms. The number of esters is 2. The van der Waals surface area contributed by atoms with Crippen LogP contribution in [0.1, 0.15) is 160 Å². The number of hydrogen-bond acceptors (Lipinski definition) is 7. The molecule has 3 fully saturated rings. The molecule has 7 heteroatoms. The van der Waals surface area contributed by atoms with Crippen LogP contribution in [-0.4, -0.2) is 42.8 Å². The summed E-state index contributed by atoms with van der Waals surface area (Å²) in [6, 6.07) is -0.611. The minimum atomic E-state index is -0.611. The van der Waals surface area contributed by atoms with Gasteiger partial charge in [-0.3, -0.25) is 9.59 Å². The zero-order valence-corrected chi connectivity index (χ0v) is 31.2. The van der Waals surface area contributed by atoms with E-state index in [4.69, 9.17) is 24.7 Å². The third-order valence-corrected chi connectivity index (χ3v) is 9.72. The highest BCUT2D eigenvalue weighted by Crippen LogP contribution is 2.46. The SMILES string of the molecule is CC(C)CC(OC(=O)C(CC(C)(C)C)C(C)(C)C)OC1CCCCC1.CCC(OC(=O)C(N)C(C)(C)C)OC1CC2CCC1C2. The van der Waals surface area contributed by atoms with Crippen LogP contribution in [0.5, 0.6) is 0 Å². The highest BCUT2D eigenvalue weighted by molar-refractivity contribution is 5.76. The summed E-state index contributed by atoms with van der Waals surface area (Å²) in [5, 5.41) is 0. The largest absolute Gasteiger partial charge is 0.436 e. The Morgan fingerprint density at radius 2 is 1.36 bits per heavy atom. The molecule has 3 aliphatic rings. The maximum Gasteiger partial charge on any atom is 0.325 e. The Balaban J connectivity index is 0.000000320. The second kappa shape index (κ2) is 17.3. The molecule has 0 radical (unpaired) electrons. The second-order valence-electron chi connectivity index (χ2n) is 18.0. The lowest BCUT2D eigenvalue weighted by molar-refractivity contribution is -0.204. The number of rotatable bonds is 12. The third-order valence-electron chi connectivity index (χ3n) is 9.72. The second-order valence-corrected chi connectivity index (χ2v) is 18.0. The summed E-state index contributed by atoms with van der Waals surface area (Å²) < 4.78 is 23.7. The third kappa shape index (κ3) is 14.2. The molecule has 264 valence electrons. The Labute approximate surface area is 276 Å². The minimum absolute atomic E-state index is 0.0920. The summed E-state index contributed by atoms with van der Waals surface area (Å²) in [6.45, 7) is 25.1. The first-order valence-corrected chi connectivity index (χ1v) is 18.2. The fourth-order valence-electron chi connectivity index (χ4n) is 6.81. The Kier molecular flexibility index (Phi) is 15.4. The number of hydrogen-bond donors (Lipinski definition) is 1. The predicted octanol–water partition coefficient (Wildman–Crippen LogP) is 9.19. The molecule has 0 aromatic heterocycles. The van der Waals surface area contributed by atoms with E-state index in [0.29, 0.717) is 18.3 Å². The molecule has 45 heavy (non-hydrogen) atoms. The molecule has 0 spiro atoms. The standard InChI is InChI=1S/C22H42O3.C16H29NO3/c1-16(2)14-19(24-17-12-10-9-11-13-17)25-20(23)18(22(6,7)8)15-21(3,4)5;1-5-13(20-15(18)14(17)16(2,3)4)19-12-9-10-6-7-11(12)8-10/h16-19H,9-15H2,1-8H3;10-14H,5-9,17H2,1-4H3. The van der Waals surface area contributed by atoms with Crippen molar-refractivity contribution in [3.8, 4) is 0 Å². The van der Waals surface area contributed by atoms with Gasteiger partial charge in [-0.15, -0.1) is 0 Å². The molecule has 0 amide bonds. The van der Waals surface area contributed by atoms with Gasteiger partial charge in [0.25, 0.3) is 0 Å². The maximum absolute atomic E-state index is 13.0. The van der Waals surface area contributed by atoms with Crippen molar-refractivity contribution in [2.75, 3.05) is 0 Å². The van der Waals surface area contributed by atoms with Crippen LogP contribution in [0.25, 0.3) is 0 Å². The van der Waals surface area contributed by atoms with Crippen molar-refractivity contribution in [3.05, 3.63) is 0 Å². The van der Waals surface area contributed by atoms with E-state index in [1.807, 2.05) is 27.7 Å².